The van der Waals surface area contributed by atoms with E-state index in [1.807, 2.05) is 30.5 Å². The zero-order chi connectivity index (χ0) is 12.7. The molecule has 1 aromatic heterocycles. The van der Waals surface area contributed by atoms with Gasteiger partial charge >= 0.3 is 0 Å². The van der Waals surface area contributed by atoms with Crippen LogP contribution in [0.3, 0.4) is 0 Å². The zero-order valence-electron chi connectivity index (χ0n) is 10.2. The molecule has 0 aliphatic carbocycles. The molecule has 3 aromatic rings. The van der Waals surface area contributed by atoms with Gasteiger partial charge in [0, 0.05) is 22.5 Å². The second-order valence-electron chi connectivity index (χ2n) is 4.43. The van der Waals surface area contributed by atoms with Crippen molar-refractivity contribution in [3.63, 3.8) is 0 Å². The summed E-state index contributed by atoms with van der Waals surface area (Å²) in [6.45, 7) is 0. The summed E-state index contributed by atoms with van der Waals surface area (Å²) in [5, 5.41) is 8.51. The van der Waals surface area contributed by atoms with Gasteiger partial charge < -0.3 is 4.98 Å². The van der Waals surface area contributed by atoms with Crippen LogP contribution in [0.4, 0.5) is 5.69 Å². The van der Waals surface area contributed by atoms with Crippen molar-refractivity contribution in [2.45, 2.75) is 0 Å². The van der Waals surface area contributed by atoms with E-state index in [9.17, 15) is 0 Å². The van der Waals surface area contributed by atoms with Crippen LogP contribution in [0.5, 0.6) is 0 Å². The number of fused-ring (bicyclic) bond motifs is 3. The number of H-pyrrole nitrogens is 1. The van der Waals surface area contributed by atoms with E-state index in [1.54, 1.807) is 11.3 Å². The number of hydrazine groups is 1. The van der Waals surface area contributed by atoms with E-state index in [2.05, 4.69) is 39.8 Å². The van der Waals surface area contributed by atoms with E-state index in [0.29, 0.717) is 0 Å². The van der Waals surface area contributed by atoms with E-state index in [-0.39, 0.29) is 0 Å². The van der Waals surface area contributed by atoms with E-state index in [4.69, 9.17) is 0 Å². The maximum Gasteiger partial charge on any atom is 0.107 e. The van der Waals surface area contributed by atoms with Crippen molar-refractivity contribution >= 4 is 33.7 Å². The molecule has 2 N–H and O–H groups in total. The monoisotopic (exact) mass is 248 g/mol. The molecule has 0 unspecified atom stereocenters. The summed E-state index contributed by atoms with van der Waals surface area (Å²) >= 11 is 0. The van der Waals surface area contributed by atoms with E-state index in [0.717, 1.165) is 16.7 Å². The largest absolute Gasteiger partial charge is 0.353 e. The van der Waals surface area contributed by atoms with Gasteiger partial charge in [-0.1, -0.05) is 30.3 Å². The number of para-hydroxylation sites is 2. The molecule has 2 aromatic carbocycles. The van der Waals surface area contributed by atoms with Crippen molar-refractivity contribution in [2.75, 3.05) is 5.12 Å². The molecule has 0 saturated heterocycles. The maximum absolute atomic E-state index is 4.31. The normalized spacial score (nSPS) is 14.2. The number of aromatic amines is 1. The Hall–Kier alpha value is -2.75. The molecule has 92 valence electrons. The van der Waals surface area contributed by atoms with Crippen molar-refractivity contribution in [1.29, 1.82) is 0 Å². The predicted octanol–water partition coefficient (Wildman–Crippen LogP) is 3.15. The van der Waals surface area contributed by atoms with Gasteiger partial charge in [0.2, 0.25) is 0 Å². The second kappa shape index (κ2) is 3.88. The van der Waals surface area contributed by atoms with Gasteiger partial charge in [-0.3, -0.25) is 5.43 Å². The molecule has 4 nitrogen and oxygen atoms in total. The number of rotatable bonds is 1. The summed E-state index contributed by atoms with van der Waals surface area (Å²) in [7, 11) is 0. The lowest BCUT2D eigenvalue weighted by Gasteiger charge is -2.20. The predicted molar refractivity (Wildman–Crippen MR) is 79.1 cm³/mol. The molecule has 19 heavy (non-hydrogen) atoms. The Morgan fingerprint density at radius 3 is 2.74 bits per heavy atom. The van der Waals surface area contributed by atoms with E-state index in [1.165, 1.54) is 10.8 Å². The van der Waals surface area contributed by atoms with Crippen LogP contribution in [-0.2, 0) is 0 Å². The van der Waals surface area contributed by atoms with Gasteiger partial charge in [-0.2, -0.15) is 10.2 Å². The average molecular weight is 248 g/mol. The Bertz CT molecular complexity index is 813. The summed E-state index contributed by atoms with van der Waals surface area (Å²) in [5.41, 5.74) is 6.34. The minimum Gasteiger partial charge on any atom is -0.353 e. The zero-order valence-corrected chi connectivity index (χ0v) is 10.2. The first kappa shape index (κ1) is 10.2. The third-order valence-corrected chi connectivity index (χ3v) is 3.31. The van der Waals surface area contributed by atoms with Crippen LogP contribution in [0, 0.1) is 0 Å². The number of nitrogens with zero attached hydrogens (tertiary/aromatic N) is 2. The van der Waals surface area contributed by atoms with Gasteiger partial charge in [0.15, 0.2) is 0 Å². The molecule has 0 fully saturated rings. The van der Waals surface area contributed by atoms with Crippen molar-refractivity contribution < 1.29 is 0 Å². The minimum absolute atomic E-state index is 1.01. The highest BCUT2D eigenvalue weighted by molar-refractivity contribution is 6.11. The molecule has 0 bridgehead atoms. The number of anilines is 1. The van der Waals surface area contributed by atoms with Crippen LogP contribution >= 0.6 is 0 Å². The SMILES string of the molecule is C1=CNN(c2cccc3c2[nH]c2ccccc23)N=C1. The fourth-order valence-electron chi connectivity index (χ4n) is 2.46. The highest BCUT2D eigenvalue weighted by Crippen LogP contribution is 2.31. The summed E-state index contributed by atoms with van der Waals surface area (Å²) < 4.78 is 0. The molecule has 0 radical (unpaired) electrons. The van der Waals surface area contributed by atoms with Crippen LogP contribution in [0.1, 0.15) is 0 Å². The third kappa shape index (κ3) is 1.50. The van der Waals surface area contributed by atoms with E-state index < -0.39 is 0 Å². The van der Waals surface area contributed by atoms with Crippen molar-refractivity contribution in [1.82, 2.24) is 10.4 Å². The fourth-order valence-corrected chi connectivity index (χ4v) is 2.46. The number of hydrogen-bond acceptors (Lipinski definition) is 3. The molecule has 0 saturated carbocycles. The van der Waals surface area contributed by atoms with Crippen LogP contribution in [0.2, 0.25) is 0 Å². The molecule has 0 spiro atoms. The summed E-state index contributed by atoms with van der Waals surface area (Å²) in [6, 6.07) is 14.5. The Morgan fingerprint density at radius 1 is 0.947 bits per heavy atom. The number of hydrazone groups is 1. The summed E-state index contributed by atoms with van der Waals surface area (Å²) in [4.78, 5) is 3.46. The Labute approximate surface area is 110 Å². The van der Waals surface area contributed by atoms with Crippen LogP contribution < -0.4 is 10.5 Å². The minimum atomic E-state index is 1.01. The standard InChI is InChI=1S/C15H12N4/c1-2-7-13-11(5-1)12-6-3-8-14(15(12)18-13)19-16-9-4-10-17-19/h1-10,16,18H. The Balaban J connectivity index is 2.01. The topological polar surface area (TPSA) is 43.4 Å². The number of benzene rings is 2. The van der Waals surface area contributed by atoms with Gasteiger partial charge in [0.05, 0.1) is 11.7 Å². The highest BCUT2D eigenvalue weighted by Gasteiger charge is 2.12. The molecule has 1 aliphatic heterocycles. The highest BCUT2D eigenvalue weighted by atomic mass is 15.7. The molecule has 4 heteroatoms. The number of nitrogens with one attached hydrogen (secondary N) is 2. The Kier molecular flexibility index (Phi) is 2.08. The van der Waals surface area contributed by atoms with Gasteiger partial charge in [-0.25, -0.2) is 0 Å². The van der Waals surface area contributed by atoms with Gasteiger partial charge in [-0.05, 0) is 18.2 Å². The quantitative estimate of drug-likeness (QED) is 0.694. The first-order valence-electron chi connectivity index (χ1n) is 6.18. The first-order chi connectivity index (χ1) is 9.43. The fraction of sp³-hybridized carbons (Fsp3) is 0. The smallest absolute Gasteiger partial charge is 0.107 e. The van der Waals surface area contributed by atoms with Gasteiger partial charge in [0.1, 0.15) is 5.69 Å². The van der Waals surface area contributed by atoms with Crippen LogP contribution in [-0.4, -0.2) is 11.2 Å². The molecule has 2 heterocycles. The molecule has 0 amide bonds. The second-order valence-corrected chi connectivity index (χ2v) is 4.43. The lowest BCUT2D eigenvalue weighted by atomic mass is 10.1. The van der Waals surface area contributed by atoms with Crippen LogP contribution in [0.25, 0.3) is 21.8 Å². The van der Waals surface area contributed by atoms with Gasteiger partial charge in [-0.15, -0.1) is 0 Å². The number of aromatic nitrogens is 1. The third-order valence-electron chi connectivity index (χ3n) is 3.31. The maximum atomic E-state index is 4.31. The number of hydrogen-bond donors (Lipinski definition) is 2. The van der Waals surface area contributed by atoms with Crippen molar-refractivity contribution in [3.8, 4) is 0 Å². The number of allylic oxidation sites excluding steroid dienone is 1. The molecular formula is C15H12N4. The molecular weight excluding hydrogens is 236 g/mol. The average Bonchev–Trinajstić information content (AvgIpc) is 2.87. The lowest BCUT2D eigenvalue weighted by molar-refractivity contribution is 0.777. The molecule has 1 aliphatic rings. The lowest BCUT2D eigenvalue weighted by Crippen LogP contribution is -2.30. The van der Waals surface area contributed by atoms with E-state index >= 15 is 0 Å². The molecule has 4 rings (SSSR count). The molecule has 0 atom stereocenters. The first-order valence-corrected chi connectivity index (χ1v) is 6.18. The summed E-state index contributed by atoms with van der Waals surface area (Å²) in [5.74, 6) is 0. The Morgan fingerprint density at radius 2 is 1.84 bits per heavy atom. The van der Waals surface area contributed by atoms with Crippen molar-refractivity contribution in [2.24, 2.45) is 5.10 Å². The van der Waals surface area contributed by atoms with Crippen LogP contribution in [0.15, 0.2) is 59.8 Å². The van der Waals surface area contributed by atoms with Crippen molar-refractivity contribution in [3.05, 3.63) is 54.7 Å². The van der Waals surface area contributed by atoms with Gasteiger partial charge in [0.25, 0.3) is 0 Å². The summed E-state index contributed by atoms with van der Waals surface area (Å²) in [6.07, 6.45) is 5.48.